The summed E-state index contributed by atoms with van der Waals surface area (Å²) in [5.41, 5.74) is 4.28. The van der Waals surface area contributed by atoms with Gasteiger partial charge in [0.2, 0.25) is 0 Å². The van der Waals surface area contributed by atoms with Gasteiger partial charge in [-0.3, -0.25) is 0 Å². The second-order valence-corrected chi connectivity index (χ2v) is 26.7. The summed E-state index contributed by atoms with van der Waals surface area (Å²) in [7, 11) is 0. The van der Waals surface area contributed by atoms with Gasteiger partial charge in [-0.1, -0.05) is 92.0 Å². The van der Waals surface area contributed by atoms with Crippen LogP contribution >= 0.6 is 0 Å². The molecular formula is C70H118O16. The highest BCUT2D eigenvalue weighted by atomic mass is 16.6. The lowest BCUT2D eigenvalue weighted by atomic mass is 9.83. The molecule has 0 bridgehead atoms. The van der Waals surface area contributed by atoms with Crippen molar-refractivity contribution in [1.82, 2.24) is 0 Å². The third-order valence-corrected chi connectivity index (χ3v) is 19.7. The standard InChI is InChI=1S/C20H30O4.C18H32O4.C12H22O3.C9H14O3.C8H14O2.C3H6/c1-3-19(13-23-14-19)11-21-9-17-5-7-18(8-6-17)10-22-12-20(4-2)15-24-16-20;1-3-17(9-19-10-17)13-21-15-5-7-16(8-6-15)22-14-18(4-2)11-20-12-18;1-3-11(5-13-6-11)9-15-10-12(4-2)7-14-8-12;1-3-8(10)12-7-9(4-2)5-11-6-9;1-2-10-8-5-3-7(9)4-6-8;1-3-2/h5-8H,3-4,9-16H2,1-2H3;15-16H,3-14H2,1-2H3;3-10H2,1-2H3;3H,1,4-7H2,2H3;2,7-9H,1,3-6H2;3H,1H2,2H3. The van der Waals surface area contributed by atoms with Gasteiger partial charge in [0, 0.05) is 38.6 Å². The molecule has 1 N–H and O–H groups in total. The molecule has 7 aliphatic heterocycles. The lowest BCUT2D eigenvalue weighted by Crippen LogP contribution is -2.49. The Kier molecular flexibility index (Phi) is 32.8. The topological polar surface area (TPSA) is 167 Å². The number of esters is 1. The van der Waals surface area contributed by atoms with Crippen molar-refractivity contribution in [3.8, 4) is 0 Å². The molecule has 0 amide bonds. The number of benzene rings is 1. The Hall–Kier alpha value is -2.81. The van der Waals surface area contributed by atoms with Crippen LogP contribution in [-0.4, -0.2) is 174 Å². The van der Waals surface area contributed by atoms with Gasteiger partial charge >= 0.3 is 5.97 Å². The zero-order chi connectivity index (χ0) is 62.3. The zero-order valence-electron chi connectivity index (χ0n) is 54.9. The molecule has 9 aliphatic rings. The predicted molar refractivity (Wildman–Crippen MR) is 336 cm³/mol. The fourth-order valence-corrected chi connectivity index (χ4v) is 11.0. The summed E-state index contributed by atoms with van der Waals surface area (Å²) in [4.78, 5) is 10.7. The van der Waals surface area contributed by atoms with Crippen LogP contribution in [0.1, 0.15) is 163 Å². The Bertz CT molecular complexity index is 1860. The minimum atomic E-state index is -0.352. The normalized spacial score (nSPS) is 25.7. The van der Waals surface area contributed by atoms with Crippen LogP contribution in [0.2, 0.25) is 0 Å². The number of hydrogen-bond acceptors (Lipinski definition) is 16. The Morgan fingerprint density at radius 2 is 0.709 bits per heavy atom. The van der Waals surface area contributed by atoms with Crippen LogP contribution in [-0.2, 0) is 84.3 Å². The smallest absolute Gasteiger partial charge is 0.330 e. The largest absolute Gasteiger partial charge is 0.499 e. The molecule has 2 aliphatic carbocycles. The summed E-state index contributed by atoms with van der Waals surface area (Å²) in [6, 6.07) is 8.54. The molecule has 0 aromatic heterocycles. The van der Waals surface area contributed by atoms with Crippen LogP contribution in [0.5, 0.6) is 0 Å². The Morgan fingerprint density at radius 1 is 0.442 bits per heavy atom. The fourth-order valence-electron chi connectivity index (χ4n) is 11.0. The first-order valence-corrected chi connectivity index (χ1v) is 33.0. The molecule has 86 heavy (non-hydrogen) atoms. The molecule has 7 saturated heterocycles. The van der Waals surface area contributed by atoms with Gasteiger partial charge in [0.1, 0.15) is 6.61 Å². The van der Waals surface area contributed by atoms with Crippen molar-refractivity contribution in [2.24, 2.45) is 37.9 Å². The Balaban J connectivity index is 0.000000201. The van der Waals surface area contributed by atoms with E-state index in [0.29, 0.717) is 73.0 Å². The summed E-state index contributed by atoms with van der Waals surface area (Å²) in [5.74, 6) is -0.352. The number of allylic oxidation sites excluding steroid dienone is 1. The van der Waals surface area contributed by atoms with E-state index in [1.54, 1.807) is 6.08 Å². The molecule has 2 saturated carbocycles. The number of hydrogen-bond donors (Lipinski definition) is 1. The van der Waals surface area contributed by atoms with Crippen molar-refractivity contribution in [3.63, 3.8) is 0 Å². The van der Waals surface area contributed by atoms with E-state index in [9.17, 15) is 4.79 Å². The van der Waals surface area contributed by atoms with Gasteiger partial charge in [0.05, 0.1) is 181 Å². The van der Waals surface area contributed by atoms with E-state index < -0.39 is 0 Å². The first kappa shape index (κ1) is 73.9. The minimum Gasteiger partial charge on any atom is -0.499 e. The van der Waals surface area contributed by atoms with Gasteiger partial charge in [0.25, 0.3) is 0 Å². The summed E-state index contributed by atoms with van der Waals surface area (Å²) >= 11 is 0. The second kappa shape index (κ2) is 38.1. The maximum atomic E-state index is 10.7. The van der Waals surface area contributed by atoms with Crippen molar-refractivity contribution in [1.29, 1.82) is 0 Å². The average molecular weight is 1220 g/mol. The number of carbonyl (C=O) groups is 1. The number of aliphatic hydroxyl groups excluding tert-OH is 1. The van der Waals surface area contributed by atoms with Crippen molar-refractivity contribution >= 4 is 5.97 Å². The van der Waals surface area contributed by atoms with Crippen molar-refractivity contribution in [2.75, 3.05) is 139 Å². The molecule has 1 aromatic carbocycles. The van der Waals surface area contributed by atoms with Crippen LogP contribution in [0.15, 0.2) is 62.4 Å². The molecule has 0 radical (unpaired) electrons. The van der Waals surface area contributed by atoms with Crippen molar-refractivity contribution in [3.05, 3.63) is 73.5 Å². The molecule has 10 rings (SSSR count). The molecule has 16 heteroatoms. The molecule has 0 atom stereocenters. The average Bonchev–Trinajstić information content (AvgIpc) is 2.52. The van der Waals surface area contributed by atoms with E-state index in [1.807, 2.05) is 6.92 Å². The molecule has 1 aromatic rings. The summed E-state index contributed by atoms with van der Waals surface area (Å²) < 4.78 is 77.2. The van der Waals surface area contributed by atoms with Gasteiger partial charge in [-0.15, -0.1) is 6.58 Å². The quantitative estimate of drug-likeness (QED) is 0.0334. The summed E-state index contributed by atoms with van der Waals surface area (Å²) in [6.45, 7) is 46.0. The van der Waals surface area contributed by atoms with E-state index >= 15 is 0 Å². The molecule has 494 valence electrons. The third kappa shape index (κ3) is 23.5. The SMILES string of the molecule is C=CC.C=CC(=O)OCC1(CC)COC1.C=COC1CCC(O)CC1.CCC1(COC2CCC(OCC3(CC)COC3)CC2)COC1.CCC1(COCC2(CC)COC2)COC1.CCC1(COCc2ccc(COCC3(CC)COC3)cc2)COC1. The van der Waals surface area contributed by atoms with E-state index in [2.05, 4.69) is 92.5 Å². The third-order valence-electron chi connectivity index (χ3n) is 19.7. The van der Waals surface area contributed by atoms with E-state index in [1.165, 1.54) is 23.5 Å². The highest BCUT2D eigenvalue weighted by molar-refractivity contribution is 5.81. The zero-order valence-corrected chi connectivity index (χ0v) is 54.9. The van der Waals surface area contributed by atoms with Crippen LogP contribution < -0.4 is 0 Å². The van der Waals surface area contributed by atoms with Crippen LogP contribution in [0.25, 0.3) is 0 Å². The Labute approximate surface area is 519 Å². The molecule has 16 nitrogen and oxygen atoms in total. The maximum Gasteiger partial charge on any atom is 0.330 e. The Morgan fingerprint density at radius 3 is 0.965 bits per heavy atom. The van der Waals surface area contributed by atoms with Crippen molar-refractivity contribution in [2.45, 2.75) is 189 Å². The lowest BCUT2D eigenvalue weighted by Gasteiger charge is -2.44. The lowest BCUT2D eigenvalue weighted by molar-refractivity contribution is -0.187. The monoisotopic (exact) mass is 1210 g/mol. The van der Waals surface area contributed by atoms with Gasteiger partial charge < -0.3 is 71.4 Å². The summed E-state index contributed by atoms with van der Waals surface area (Å²) in [5, 5.41) is 9.11. The van der Waals surface area contributed by atoms with Crippen LogP contribution in [0, 0.1) is 37.9 Å². The molecule has 9 fully saturated rings. The number of rotatable bonds is 30. The molecular weight excluding hydrogens is 1100 g/mol. The van der Waals surface area contributed by atoms with Gasteiger partial charge in [-0.25, -0.2) is 4.79 Å². The first-order chi connectivity index (χ1) is 41.6. The first-order valence-electron chi connectivity index (χ1n) is 33.0. The highest BCUT2D eigenvalue weighted by Crippen LogP contribution is 2.38. The number of aliphatic hydroxyl groups is 1. The van der Waals surface area contributed by atoms with Gasteiger partial charge in [-0.2, -0.15) is 0 Å². The molecule has 0 spiro atoms. The van der Waals surface area contributed by atoms with E-state index in [-0.39, 0.29) is 28.3 Å². The maximum absolute atomic E-state index is 10.7. The number of carbonyl (C=O) groups excluding carboxylic acids is 1. The minimum absolute atomic E-state index is 0.0820. The van der Waals surface area contributed by atoms with E-state index in [4.69, 9.17) is 71.4 Å². The number of ether oxygens (including phenoxy) is 14. The van der Waals surface area contributed by atoms with Crippen LogP contribution in [0.4, 0.5) is 0 Å². The molecule has 7 heterocycles. The highest BCUT2D eigenvalue weighted by Gasteiger charge is 2.43. The summed E-state index contributed by atoms with van der Waals surface area (Å²) in [6.07, 6.45) is 21.6. The fraction of sp³-hybridized carbons (Fsp3) is 0.814. The molecule has 0 unspecified atom stereocenters. The van der Waals surface area contributed by atoms with Crippen LogP contribution in [0.3, 0.4) is 0 Å². The second-order valence-electron chi connectivity index (χ2n) is 26.7. The van der Waals surface area contributed by atoms with E-state index in [0.717, 1.165) is 215 Å². The predicted octanol–water partition coefficient (Wildman–Crippen LogP) is 12.4. The van der Waals surface area contributed by atoms with Gasteiger partial charge in [-0.05, 0) is 114 Å². The van der Waals surface area contributed by atoms with Crippen molar-refractivity contribution < 1.29 is 76.2 Å². The van der Waals surface area contributed by atoms with Gasteiger partial charge in [0.15, 0.2) is 0 Å².